The van der Waals surface area contributed by atoms with Crippen molar-refractivity contribution in [3.63, 3.8) is 0 Å². The van der Waals surface area contributed by atoms with Crippen molar-refractivity contribution in [2.45, 2.75) is 71.9 Å². The zero-order chi connectivity index (χ0) is 14.5. The number of halogens is 1. The van der Waals surface area contributed by atoms with E-state index in [4.69, 9.17) is 5.10 Å². The highest BCUT2D eigenvalue weighted by Gasteiger charge is 2.24. The number of aryl methyl sites for hydroxylation is 2. The second kappa shape index (κ2) is 7.60. The Balaban J connectivity index is 2.09. The minimum atomic E-state index is 0.591. The standard InChI is InChI=1S/C16H28BrN3/c1-4-14-16(17)15(20(6-3)19-14)11-13(18-5-2)10-12-8-7-9-12/h12-13,18H,4-11H2,1-3H3. The van der Waals surface area contributed by atoms with Crippen molar-refractivity contribution in [2.75, 3.05) is 6.54 Å². The lowest BCUT2D eigenvalue weighted by Crippen LogP contribution is -2.35. The van der Waals surface area contributed by atoms with Gasteiger partial charge in [0.2, 0.25) is 0 Å². The van der Waals surface area contributed by atoms with Gasteiger partial charge in [0.05, 0.1) is 15.9 Å². The molecule has 0 amide bonds. The van der Waals surface area contributed by atoms with Crippen LogP contribution in [0.1, 0.15) is 57.8 Å². The van der Waals surface area contributed by atoms with Crippen LogP contribution >= 0.6 is 15.9 Å². The van der Waals surface area contributed by atoms with E-state index >= 15 is 0 Å². The van der Waals surface area contributed by atoms with Crippen molar-refractivity contribution < 1.29 is 0 Å². The fourth-order valence-corrected chi connectivity index (χ4v) is 3.83. The highest BCUT2D eigenvalue weighted by atomic mass is 79.9. The average Bonchev–Trinajstić information content (AvgIpc) is 2.70. The number of hydrogen-bond acceptors (Lipinski definition) is 2. The molecule has 0 spiro atoms. The fraction of sp³-hybridized carbons (Fsp3) is 0.812. The summed E-state index contributed by atoms with van der Waals surface area (Å²) in [6.45, 7) is 8.56. The maximum absolute atomic E-state index is 4.72. The molecular weight excluding hydrogens is 314 g/mol. The van der Waals surface area contributed by atoms with Crippen molar-refractivity contribution in [2.24, 2.45) is 5.92 Å². The Kier molecular flexibility index (Phi) is 6.09. The Bertz CT molecular complexity index is 424. The Morgan fingerprint density at radius 1 is 1.35 bits per heavy atom. The van der Waals surface area contributed by atoms with Gasteiger partial charge in [0.25, 0.3) is 0 Å². The molecule has 1 heterocycles. The summed E-state index contributed by atoms with van der Waals surface area (Å²) in [6.07, 6.45) is 7.68. The zero-order valence-electron chi connectivity index (χ0n) is 13.1. The van der Waals surface area contributed by atoms with Crippen molar-refractivity contribution in [3.05, 3.63) is 15.9 Å². The van der Waals surface area contributed by atoms with Crippen molar-refractivity contribution >= 4 is 15.9 Å². The first-order valence-corrected chi connectivity index (χ1v) is 8.96. The van der Waals surface area contributed by atoms with Crippen LogP contribution in [0.4, 0.5) is 0 Å². The minimum absolute atomic E-state index is 0.591. The van der Waals surface area contributed by atoms with Gasteiger partial charge in [-0.2, -0.15) is 5.10 Å². The predicted molar refractivity (Wildman–Crippen MR) is 88.1 cm³/mol. The molecule has 2 rings (SSSR count). The molecular formula is C16H28BrN3. The van der Waals surface area contributed by atoms with Crippen LogP contribution in [-0.4, -0.2) is 22.4 Å². The van der Waals surface area contributed by atoms with Gasteiger partial charge >= 0.3 is 0 Å². The smallest absolute Gasteiger partial charge is 0.0766 e. The lowest BCUT2D eigenvalue weighted by atomic mass is 9.80. The highest BCUT2D eigenvalue weighted by Crippen LogP contribution is 2.32. The molecule has 0 aromatic carbocycles. The van der Waals surface area contributed by atoms with E-state index in [0.717, 1.165) is 31.8 Å². The topological polar surface area (TPSA) is 29.9 Å². The minimum Gasteiger partial charge on any atom is -0.314 e. The molecule has 1 aliphatic rings. The molecule has 0 aliphatic heterocycles. The zero-order valence-corrected chi connectivity index (χ0v) is 14.7. The molecule has 1 aliphatic carbocycles. The van der Waals surface area contributed by atoms with E-state index in [-0.39, 0.29) is 0 Å². The molecule has 4 heteroatoms. The maximum Gasteiger partial charge on any atom is 0.0766 e. The normalized spacial score (nSPS) is 17.2. The average molecular weight is 342 g/mol. The van der Waals surface area contributed by atoms with Crippen molar-refractivity contribution in [1.82, 2.24) is 15.1 Å². The van der Waals surface area contributed by atoms with Gasteiger partial charge in [-0.05, 0) is 48.2 Å². The van der Waals surface area contributed by atoms with Gasteiger partial charge in [0.1, 0.15) is 0 Å². The summed E-state index contributed by atoms with van der Waals surface area (Å²) in [5.74, 6) is 0.946. The Morgan fingerprint density at radius 2 is 2.10 bits per heavy atom. The van der Waals surface area contributed by atoms with Gasteiger partial charge in [-0.3, -0.25) is 4.68 Å². The van der Waals surface area contributed by atoms with Gasteiger partial charge in [-0.1, -0.05) is 33.1 Å². The number of rotatable bonds is 8. The van der Waals surface area contributed by atoms with Gasteiger partial charge in [-0.25, -0.2) is 0 Å². The quantitative estimate of drug-likeness (QED) is 0.776. The molecule has 3 nitrogen and oxygen atoms in total. The SMILES string of the molecule is CCNC(Cc1c(Br)c(CC)nn1CC)CC1CCC1. The van der Waals surface area contributed by atoms with E-state index in [1.807, 2.05) is 0 Å². The maximum atomic E-state index is 4.72. The first-order valence-electron chi connectivity index (χ1n) is 8.16. The van der Waals surface area contributed by atoms with Gasteiger partial charge < -0.3 is 5.32 Å². The summed E-state index contributed by atoms with van der Waals surface area (Å²) in [7, 11) is 0. The molecule has 1 N–H and O–H groups in total. The van der Waals surface area contributed by atoms with Gasteiger partial charge in [-0.15, -0.1) is 0 Å². The number of nitrogens with one attached hydrogen (secondary N) is 1. The largest absolute Gasteiger partial charge is 0.314 e. The molecule has 1 fully saturated rings. The molecule has 1 saturated carbocycles. The summed E-state index contributed by atoms with van der Waals surface area (Å²) < 4.78 is 3.41. The van der Waals surface area contributed by atoms with Crippen molar-refractivity contribution in [1.29, 1.82) is 0 Å². The first-order chi connectivity index (χ1) is 9.69. The number of aromatic nitrogens is 2. The molecule has 1 aromatic heterocycles. The third-order valence-electron chi connectivity index (χ3n) is 4.47. The summed E-state index contributed by atoms with van der Waals surface area (Å²) in [4.78, 5) is 0. The Morgan fingerprint density at radius 3 is 2.60 bits per heavy atom. The van der Waals surface area contributed by atoms with E-state index in [9.17, 15) is 0 Å². The third-order valence-corrected chi connectivity index (χ3v) is 5.38. The van der Waals surface area contributed by atoms with Crippen LogP contribution < -0.4 is 5.32 Å². The summed E-state index contributed by atoms with van der Waals surface area (Å²) in [6, 6.07) is 0.591. The second-order valence-electron chi connectivity index (χ2n) is 5.87. The van der Waals surface area contributed by atoms with Gasteiger partial charge in [0, 0.05) is 19.0 Å². The van der Waals surface area contributed by atoms with Crippen LogP contribution in [-0.2, 0) is 19.4 Å². The molecule has 0 bridgehead atoms. The monoisotopic (exact) mass is 341 g/mol. The van der Waals surface area contributed by atoms with Crippen LogP contribution in [0.5, 0.6) is 0 Å². The summed E-state index contributed by atoms with van der Waals surface area (Å²) in [5.41, 5.74) is 2.57. The highest BCUT2D eigenvalue weighted by molar-refractivity contribution is 9.10. The van der Waals surface area contributed by atoms with E-state index < -0.39 is 0 Å². The van der Waals surface area contributed by atoms with E-state index in [1.165, 1.54) is 41.5 Å². The Hall–Kier alpha value is -0.350. The van der Waals surface area contributed by atoms with Crippen LogP contribution in [0.25, 0.3) is 0 Å². The molecule has 114 valence electrons. The van der Waals surface area contributed by atoms with Crippen molar-refractivity contribution in [3.8, 4) is 0 Å². The Labute approximate surface area is 131 Å². The van der Waals surface area contributed by atoms with Crippen LogP contribution in [0.2, 0.25) is 0 Å². The second-order valence-corrected chi connectivity index (χ2v) is 6.66. The molecule has 0 radical (unpaired) electrons. The van der Waals surface area contributed by atoms with Crippen LogP contribution in [0.3, 0.4) is 0 Å². The van der Waals surface area contributed by atoms with E-state index in [0.29, 0.717) is 6.04 Å². The first kappa shape index (κ1) is 16.0. The number of likely N-dealkylation sites (N-methyl/N-ethyl adjacent to an activating group) is 1. The van der Waals surface area contributed by atoms with Crippen LogP contribution in [0, 0.1) is 5.92 Å². The molecule has 1 atom stereocenters. The molecule has 20 heavy (non-hydrogen) atoms. The van der Waals surface area contributed by atoms with E-state index in [2.05, 4.69) is 46.7 Å². The van der Waals surface area contributed by atoms with Gasteiger partial charge in [0.15, 0.2) is 0 Å². The summed E-state index contributed by atoms with van der Waals surface area (Å²) in [5, 5.41) is 8.39. The van der Waals surface area contributed by atoms with Crippen LogP contribution in [0.15, 0.2) is 4.47 Å². The lowest BCUT2D eigenvalue weighted by molar-refractivity contribution is 0.258. The lowest BCUT2D eigenvalue weighted by Gasteiger charge is -2.30. The number of hydrogen-bond donors (Lipinski definition) is 1. The molecule has 1 unspecified atom stereocenters. The predicted octanol–water partition coefficient (Wildman–Crippen LogP) is 3.94. The number of nitrogens with zero attached hydrogens (tertiary/aromatic N) is 2. The fourth-order valence-electron chi connectivity index (χ4n) is 3.10. The molecule has 1 aromatic rings. The third kappa shape index (κ3) is 3.64. The summed E-state index contributed by atoms with van der Waals surface area (Å²) >= 11 is 3.77. The van der Waals surface area contributed by atoms with E-state index in [1.54, 1.807) is 0 Å². The molecule has 0 saturated heterocycles.